The van der Waals surface area contributed by atoms with Crippen LogP contribution < -0.4 is 10.2 Å². The van der Waals surface area contributed by atoms with Gasteiger partial charge in [0.05, 0.1) is 0 Å². The van der Waals surface area contributed by atoms with Crippen molar-refractivity contribution in [2.75, 3.05) is 18.0 Å². The smallest absolute Gasteiger partial charge is 0.0414 e. The molecule has 0 aliphatic carbocycles. The second-order valence-corrected chi connectivity index (χ2v) is 4.89. The first-order valence-corrected chi connectivity index (χ1v) is 7.21. The van der Waals surface area contributed by atoms with Crippen LogP contribution in [0.1, 0.15) is 39.7 Å². The molecule has 0 saturated carbocycles. The van der Waals surface area contributed by atoms with Crippen molar-refractivity contribution in [3.63, 3.8) is 0 Å². The third-order valence-corrected chi connectivity index (χ3v) is 3.75. The van der Waals surface area contributed by atoms with E-state index in [1.54, 1.807) is 0 Å². The van der Waals surface area contributed by atoms with Crippen molar-refractivity contribution in [2.45, 2.75) is 53.1 Å². The average Bonchev–Trinajstić information content (AvgIpc) is 2.38. The molecule has 0 amide bonds. The van der Waals surface area contributed by atoms with E-state index in [1.165, 1.54) is 11.3 Å². The fourth-order valence-corrected chi connectivity index (χ4v) is 2.70. The maximum Gasteiger partial charge on any atom is 0.0414 e. The Balaban J connectivity index is 2.92. The Labute approximate surface area is 112 Å². The van der Waals surface area contributed by atoms with Crippen LogP contribution >= 0.6 is 0 Å². The second kappa shape index (κ2) is 7.42. The molecule has 0 saturated heterocycles. The molecular weight excluding hydrogens is 220 g/mol. The molecule has 0 aromatic heterocycles. The molecule has 0 fully saturated rings. The quantitative estimate of drug-likeness (QED) is 0.793. The molecule has 1 N–H and O–H groups in total. The van der Waals surface area contributed by atoms with E-state index >= 15 is 0 Å². The Hall–Kier alpha value is -1.02. The highest BCUT2D eigenvalue weighted by molar-refractivity contribution is 5.53. The molecule has 0 bridgehead atoms. The van der Waals surface area contributed by atoms with Gasteiger partial charge in [0, 0.05) is 24.3 Å². The molecule has 2 heteroatoms. The van der Waals surface area contributed by atoms with E-state index < -0.39 is 0 Å². The summed E-state index contributed by atoms with van der Waals surface area (Å²) in [4.78, 5) is 2.51. The SMILES string of the molecule is CCNC(CC)C(C)N(CC)c1ccccc1C. The van der Waals surface area contributed by atoms with Crippen molar-refractivity contribution in [3.05, 3.63) is 29.8 Å². The number of rotatable bonds is 7. The lowest BCUT2D eigenvalue weighted by atomic mass is 10.0. The van der Waals surface area contributed by atoms with Crippen LogP contribution in [0.2, 0.25) is 0 Å². The molecule has 2 nitrogen and oxygen atoms in total. The van der Waals surface area contributed by atoms with E-state index in [-0.39, 0.29) is 0 Å². The number of likely N-dealkylation sites (N-methyl/N-ethyl adjacent to an activating group) is 2. The van der Waals surface area contributed by atoms with Gasteiger partial charge in [0.15, 0.2) is 0 Å². The van der Waals surface area contributed by atoms with Crippen molar-refractivity contribution < 1.29 is 0 Å². The first-order chi connectivity index (χ1) is 8.65. The molecule has 0 aliphatic heterocycles. The zero-order valence-corrected chi connectivity index (χ0v) is 12.5. The summed E-state index contributed by atoms with van der Waals surface area (Å²) in [7, 11) is 0. The molecule has 102 valence electrons. The Morgan fingerprint density at radius 2 is 1.83 bits per heavy atom. The minimum absolute atomic E-state index is 0.515. The topological polar surface area (TPSA) is 15.3 Å². The van der Waals surface area contributed by atoms with Crippen molar-refractivity contribution in [2.24, 2.45) is 0 Å². The number of hydrogen-bond donors (Lipinski definition) is 1. The highest BCUT2D eigenvalue weighted by Crippen LogP contribution is 2.23. The lowest BCUT2D eigenvalue weighted by Gasteiger charge is -2.36. The second-order valence-electron chi connectivity index (χ2n) is 4.89. The van der Waals surface area contributed by atoms with Crippen molar-refractivity contribution in [3.8, 4) is 0 Å². The predicted octanol–water partition coefficient (Wildman–Crippen LogP) is 3.60. The summed E-state index contributed by atoms with van der Waals surface area (Å²) in [6, 6.07) is 9.73. The summed E-state index contributed by atoms with van der Waals surface area (Å²) in [6.07, 6.45) is 1.16. The number of aryl methyl sites for hydroxylation is 1. The largest absolute Gasteiger partial charge is 0.367 e. The lowest BCUT2D eigenvalue weighted by molar-refractivity contribution is 0.425. The van der Waals surface area contributed by atoms with Crippen LogP contribution in [0.4, 0.5) is 5.69 Å². The van der Waals surface area contributed by atoms with Crippen LogP contribution in [0.3, 0.4) is 0 Å². The van der Waals surface area contributed by atoms with Gasteiger partial charge in [0.2, 0.25) is 0 Å². The minimum Gasteiger partial charge on any atom is -0.367 e. The minimum atomic E-state index is 0.515. The maximum absolute atomic E-state index is 3.59. The van der Waals surface area contributed by atoms with E-state index in [2.05, 4.69) is 69.1 Å². The van der Waals surface area contributed by atoms with Crippen LogP contribution in [0.5, 0.6) is 0 Å². The Bertz CT molecular complexity index is 349. The number of benzene rings is 1. The number of hydrogen-bond acceptors (Lipinski definition) is 2. The molecule has 0 radical (unpaired) electrons. The highest BCUT2D eigenvalue weighted by Gasteiger charge is 2.21. The van der Waals surface area contributed by atoms with E-state index in [0.29, 0.717) is 12.1 Å². The average molecular weight is 248 g/mol. The van der Waals surface area contributed by atoms with Crippen LogP contribution in [-0.4, -0.2) is 25.2 Å². The van der Waals surface area contributed by atoms with Gasteiger partial charge < -0.3 is 10.2 Å². The van der Waals surface area contributed by atoms with E-state index in [1.807, 2.05) is 0 Å². The van der Waals surface area contributed by atoms with Crippen molar-refractivity contribution in [1.82, 2.24) is 5.32 Å². The molecule has 0 heterocycles. The van der Waals surface area contributed by atoms with Gasteiger partial charge in [-0.2, -0.15) is 0 Å². The summed E-state index contributed by atoms with van der Waals surface area (Å²) in [5.74, 6) is 0. The zero-order chi connectivity index (χ0) is 13.5. The maximum atomic E-state index is 3.59. The molecule has 2 unspecified atom stereocenters. The van der Waals surface area contributed by atoms with Gasteiger partial charge in [-0.15, -0.1) is 0 Å². The van der Waals surface area contributed by atoms with Crippen LogP contribution in [0.15, 0.2) is 24.3 Å². The normalized spacial score (nSPS) is 14.3. The molecule has 1 rings (SSSR count). The fraction of sp³-hybridized carbons (Fsp3) is 0.625. The van der Waals surface area contributed by atoms with Gasteiger partial charge in [-0.05, 0) is 45.4 Å². The van der Waals surface area contributed by atoms with Crippen LogP contribution in [0.25, 0.3) is 0 Å². The van der Waals surface area contributed by atoms with Gasteiger partial charge in [-0.1, -0.05) is 32.0 Å². The third kappa shape index (κ3) is 3.49. The molecule has 1 aromatic rings. The molecule has 0 spiro atoms. The van der Waals surface area contributed by atoms with E-state index in [0.717, 1.165) is 19.5 Å². The van der Waals surface area contributed by atoms with Gasteiger partial charge >= 0.3 is 0 Å². The fourth-order valence-electron chi connectivity index (χ4n) is 2.70. The first kappa shape index (κ1) is 15.0. The van der Waals surface area contributed by atoms with Gasteiger partial charge in [0.1, 0.15) is 0 Å². The van der Waals surface area contributed by atoms with Gasteiger partial charge in [0.25, 0.3) is 0 Å². The summed E-state index contributed by atoms with van der Waals surface area (Å²) >= 11 is 0. The first-order valence-electron chi connectivity index (χ1n) is 7.21. The number of nitrogens with one attached hydrogen (secondary N) is 1. The van der Waals surface area contributed by atoms with Crippen molar-refractivity contribution >= 4 is 5.69 Å². The predicted molar refractivity (Wildman–Crippen MR) is 81.4 cm³/mol. The Morgan fingerprint density at radius 3 is 2.33 bits per heavy atom. The van der Waals surface area contributed by atoms with Crippen LogP contribution in [0, 0.1) is 6.92 Å². The summed E-state index contributed by atoms with van der Waals surface area (Å²) < 4.78 is 0. The van der Waals surface area contributed by atoms with Crippen molar-refractivity contribution in [1.29, 1.82) is 0 Å². The Morgan fingerprint density at radius 1 is 1.17 bits per heavy atom. The van der Waals surface area contributed by atoms with Gasteiger partial charge in [-0.25, -0.2) is 0 Å². The lowest BCUT2D eigenvalue weighted by Crippen LogP contribution is -2.48. The molecule has 1 aromatic carbocycles. The monoisotopic (exact) mass is 248 g/mol. The number of anilines is 1. The molecule has 0 aliphatic rings. The van der Waals surface area contributed by atoms with E-state index in [9.17, 15) is 0 Å². The summed E-state index contributed by atoms with van der Waals surface area (Å²) in [5, 5.41) is 3.59. The Kier molecular flexibility index (Phi) is 6.20. The van der Waals surface area contributed by atoms with E-state index in [4.69, 9.17) is 0 Å². The summed E-state index contributed by atoms with van der Waals surface area (Å²) in [5.41, 5.74) is 2.72. The molecule has 18 heavy (non-hydrogen) atoms. The number of para-hydroxylation sites is 1. The standard InChI is InChI=1S/C16H28N2/c1-6-15(17-7-2)14(5)18(8-3)16-12-10-9-11-13(16)4/h9-12,14-15,17H,6-8H2,1-5H3. The summed E-state index contributed by atoms with van der Waals surface area (Å²) in [6.45, 7) is 13.3. The van der Waals surface area contributed by atoms with Gasteiger partial charge in [-0.3, -0.25) is 0 Å². The zero-order valence-electron chi connectivity index (χ0n) is 12.5. The number of nitrogens with zero attached hydrogens (tertiary/aromatic N) is 1. The van der Waals surface area contributed by atoms with Crippen LogP contribution in [-0.2, 0) is 0 Å². The molecule has 2 atom stereocenters. The third-order valence-electron chi connectivity index (χ3n) is 3.75. The molecular formula is C16H28N2. The highest BCUT2D eigenvalue weighted by atomic mass is 15.2.